The molecule has 6 heteroatoms. The average molecular weight is 264 g/mol. The van der Waals surface area contributed by atoms with E-state index in [4.69, 9.17) is 0 Å². The van der Waals surface area contributed by atoms with Crippen molar-refractivity contribution in [2.45, 2.75) is 19.4 Å². The minimum absolute atomic E-state index is 0.208. The molecule has 1 N–H and O–H groups in total. The maximum Gasteiger partial charge on any atom is 0.148 e. The lowest BCUT2D eigenvalue weighted by molar-refractivity contribution is 0.0660. The van der Waals surface area contributed by atoms with Gasteiger partial charge in [0.05, 0.1) is 12.4 Å². The van der Waals surface area contributed by atoms with Gasteiger partial charge in [0.1, 0.15) is 9.84 Å². The Labute approximate surface area is 104 Å². The Kier molecular flexibility index (Phi) is 5.85. The molecule has 0 aliphatic carbocycles. The van der Waals surface area contributed by atoms with Crippen LogP contribution >= 0.6 is 0 Å². The molecule has 0 bridgehead atoms. The van der Waals surface area contributed by atoms with Crippen LogP contribution < -0.4 is 0 Å². The summed E-state index contributed by atoms with van der Waals surface area (Å²) in [6.45, 7) is 6.54. The standard InChI is InChI=1S/C11H24N2O3S/c1-3-11(10-14)13-6-4-12(5-7-13)8-9-17(2,15)16/h11,14H,3-10H2,1-2H3. The third kappa shape index (κ3) is 5.33. The zero-order valence-corrected chi connectivity index (χ0v) is 11.6. The lowest BCUT2D eigenvalue weighted by atomic mass is 10.1. The van der Waals surface area contributed by atoms with E-state index in [1.54, 1.807) is 0 Å². The molecule has 1 aliphatic rings. The molecule has 0 radical (unpaired) electrons. The first-order valence-corrected chi connectivity index (χ1v) is 8.27. The second-order valence-corrected chi connectivity index (χ2v) is 7.01. The van der Waals surface area contributed by atoms with Crippen LogP contribution in [0.15, 0.2) is 0 Å². The number of aliphatic hydroxyl groups is 1. The predicted octanol–water partition coefficient (Wildman–Crippen LogP) is -0.580. The first-order chi connectivity index (χ1) is 7.96. The predicted molar refractivity (Wildman–Crippen MR) is 68.9 cm³/mol. The molecule has 0 saturated carbocycles. The molecular formula is C11H24N2O3S. The number of nitrogens with zero attached hydrogens (tertiary/aromatic N) is 2. The normalized spacial score (nSPS) is 21.6. The van der Waals surface area contributed by atoms with E-state index in [9.17, 15) is 13.5 Å². The van der Waals surface area contributed by atoms with Crippen LogP contribution in [-0.4, -0.2) is 80.7 Å². The molecule has 1 atom stereocenters. The highest BCUT2D eigenvalue weighted by atomic mass is 32.2. The van der Waals surface area contributed by atoms with E-state index >= 15 is 0 Å². The van der Waals surface area contributed by atoms with Crippen LogP contribution in [0.3, 0.4) is 0 Å². The molecular weight excluding hydrogens is 240 g/mol. The van der Waals surface area contributed by atoms with Gasteiger partial charge in [0, 0.05) is 45.0 Å². The van der Waals surface area contributed by atoms with Crippen molar-refractivity contribution in [3.63, 3.8) is 0 Å². The highest BCUT2D eigenvalue weighted by molar-refractivity contribution is 7.90. The van der Waals surface area contributed by atoms with E-state index < -0.39 is 9.84 Å². The van der Waals surface area contributed by atoms with Crippen molar-refractivity contribution < 1.29 is 13.5 Å². The maximum atomic E-state index is 11.1. The fraction of sp³-hybridized carbons (Fsp3) is 1.00. The Morgan fingerprint density at radius 2 is 1.82 bits per heavy atom. The summed E-state index contributed by atoms with van der Waals surface area (Å²) in [6.07, 6.45) is 2.24. The minimum Gasteiger partial charge on any atom is -0.395 e. The molecule has 0 spiro atoms. The van der Waals surface area contributed by atoms with E-state index in [2.05, 4.69) is 16.7 Å². The fourth-order valence-electron chi connectivity index (χ4n) is 2.15. The van der Waals surface area contributed by atoms with E-state index in [0.29, 0.717) is 6.54 Å². The van der Waals surface area contributed by atoms with Gasteiger partial charge in [-0.3, -0.25) is 9.80 Å². The van der Waals surface area contributed by atoms with E-state index in [0.717, 1.165) is 32.6 Å². The molecule has 1 fully saturated rings. The van der Waals surface area contributed by atoms with Gasteiger partial charge in [0.15, 0.2) is 0 Å². The molecule has 5 nitrogen and oxygen atoms in total. The summed E-state index contributed by atoms with van der Waals surface area (Å²) in [5.41, 5.74) is 0. The minimum atomic E-state index is -2.86. The van der Waals surface area contributed by atoms with E-state index in [1.807, 2.05) is 0 Å². The highest BCUT2D eigenvalue weighted by Crippen LogP contribution is 2.08. The Balaban J connectivity index is 2.30. The molecule has 0 aromatic rings. The summed E-state index contributed by atoms with van der Waals surface area (Å²) >= 11 is 0. The number of hydrogen-bond donors (Lipinski definition) is 1. The van der Waals surface area contributed by atoms with Crippen molar-refractivity contribution in [2.75, 3.05) is 51.3 Å². The van der Waals surface area contributed by atoms with Crippen LogP contribution in [0.25, 0.3) is 0 Å². The van der Waals surface area contributed by atoms with Crippen molar-refractivity contribution in [1.29, 1.82) is 0 Å². The molecule has 1 heterocycles. The lowest BCUT2D eigenvalue weighted by Crippen LogP contribution is -2.51. The second-order valence-electron chi connectivity index (χ2n) is 4.75. The van der Waals surface area contributed by atoms with Gasteiger partial charge in [-0.15, -0.1) is 0 Å². The van der Waals surface area contributed by atoms with Gasteiger partial charge in [0.2, 0.25) is 0 Å². The molecule has 1 unspecified atom stereocenters. The van der Waals surface area contributed by atoms with Crippen LogP contribution in [0.4, 0.5) is 0 Å². The summed E-state index contributed by atoms with van der Waals surface area (Å²) < 4.78 is 22.1. The number of piperazine rings is 1. The summed E-state index contributed by atoms with van der Waals surface area (Å²) in [6, 6.07) is 0.257. The van der Waals surface area contributed by atoms with Crippen LogP contribution in [0.2, 0.25) is 0 Å². The van der Waals surface area contributed by atoms with Crippen molar-refractivity contribution in [1.82, 2.24) is 9.80 Å². The second kappa shape index (κ2) is 6.68. The van der Waals surface area contributed by atoms with Crippen molar-refractivity contribution in [3.05, 3.63) is 0 Å². The quantitative estimate of drug-likeness (QED) is 0.695. The Morgan fingerprint density at radius 3 is 2.24 bits per heavy atom. The number of hydrogen-bond acceptors (Lipinski definition) is 5. The first-order valence-electron chi connectivity index (χ1n) is 6.21. The van der Waals surface area contributed by atoms with Crippen molar-refractivity contribution >= 4 is 9.84 Å². The molecule has 0 aromatic heterocycles. The zero-order chi connectivity index (χ0) is 12.9. The van der Waals surface area contributed by atoms with Gasteiger partial charge in [-0.2, -0.15) is 0 Å². The zero-order valence-electron chi connectivity index (χ0n) is 10.8. The van der Waals surface area contributed by atoms with Gasteiger partial charge in [-0.05, 0) is 6.42 Å². The largest absolute Gasteiger partial charge is 0.395 e. The van der Waals surface area contributed by atoms with Gasteiger partial charge in [-0.1, -0.05) is 6.92 Å². The maximum absolute atomic E-state index is 11.1. The highest BCUT2D eigenvalue weighted by Gasteiger charge is 2.22. The number of aliphatic hydroxyl groups excluding tert-OH is 1. The molecule has 1 saturated heterocycles. The van der Waals surface area contributed by atoms with Crippen LogP contribution in [0, 0.1) is 0 Å². The van der Waals surface area contributed by atoms with Gasteiger partial charge >= 0.3 is 0 Å². The molecule has 17 heavy (non-hydrogen) atoms. The van der Waals surface area contributed by atoms with Crippen LogP contribution in [-0.2, 0) is 9.84 Å². The molecule has 1 rings (SSSR count). The number of rotatable bonds is 6. The summed E-state index contributed by atoms with van der Waals surface area (Å²) in [5.74, 6) is 0.240. The van der Waals surface area contributed by atoms with Gasteiger partial charge in [-0.25, -0.2) is 8.42 Å². The first kappa shape index (κ1) is 14.9. The summed E-state index contributed by atoms with van der Waals surface area (Å²) in [5, 5.41) is 9.22. The monoisotopic (exact) mass is 264 g/mol. The smallest absolute Gasteiger partial charge is 0.148 e. The molecule has 102 valence electrons. The van der Waals surface area contributed by atoms with Crippen LogP contribution in [0.1, 0.15) is 13.3 Å². The third-order valence-corrected chi connectivity index (χ3v) is 4.31. The molecule has 1 aliphatic heterocycles. The Morgan fingerprint density at radius 1 is 1.24 bits per heavy atom. The van der Waals surface area contributed by atoms with Crippen LogP contribution in [0.5, 0.6) is 0 Å². The number of sulfone groups is 1. The van der Waals surface area contributed by atoms with Gasteiger partial charge < -0.3 is 5.11 Å². The van der Waals surface area contributed by atoms with Crippen molar-refractivity contribution in [2.24, 2.45) is 0 Å². The topological polar surface area (TPSA) is 60.9 Å². The van der Waals surface area contributed by atoms with Gasteiger partial charge in [0.25, 0.3) is 0 Å². The average Bonchev–Trinajstić information content (AvgIpc) is 2.29. The molecule has 0 aromatic carbocycles. The lowest BCUT2D eigenvalue weighted by Gasteiger charge is -2.38. The molecule has 0 amide bonds. The SMILES string of the molecule is CCC(CO)N1CCN(CCS(C)(=O)=O)CC1. The summed E-state index contributed by atoms with van der Waals surface area (Å²) in [7, 11) is -2.86. The fourth-order valence-corrected chi connectivity index (χ4v) is 2.74. The van der Waals surface area contributed by atoms with E-state index in [1.165, 1.54) is 6.26 Å². The Bertz CT molecular complexity index is 307. The third-order valence-electron chi connectivity index (χ3n) is 3.38. The van der Waals surface area contributed by atoms with Crippen molar-refractivity contribution in [3.8, 4) is 0 Å². The Hall–Kier alpha value is -0.170. The summed E-state index contributed by atoms with van der Waals surface area (Å²) in [4.78, 5) is 4.47. The van der Waals surface area contributed by atoms with E-state index in [-0.39, 0.29) is 18.4 Å².